The molecule has 0 spiro atoms. The zero-order chi connectivity index (χ0) is 35.1. The van der Waals surface area contributed by atoms with Gasteiger partial charge in [0.25, 0.3) is 0 Å². The van der Waals surface area contributed by atoms with E-state index in [2.05, 4.69) is 73.8 Å². The standard InChI is InChI=1S/C35H57F3O6Si2/c1-33(2,3)45(7,8)43-27(24-42-26-17-15-16-25(22-26)35(36,37)38)20-21-29-28(18-13-11-12-14-19-32(40)41)30(39)23-31(29)44-46(9,10)34(4,5)6/h11,13,15-17,20-22,27-31,39H,12,14,18-19,23-24H2,1-10H3,(H,40,41)/b13-11-,21-20+/t27-,28-,29-,30+,31-/m1/s1. The number of allylic oxidation sites excluding steroid dienone is 2. The summed E-state index contributed by atoms with van der Waals surface area (Å²) >= 11 is 0. The van der Waals surface area contributed by atoms with Crippen LogP contribution in [0, 0.1) is 11.8 Å². The van der Waals surface area contributed by atoms with Gasteiger partial charge in [-0.2, -0.15) is 13.2 Å². The average Bonchev–Trinajstić information content (AvgIpc) is 3.18. The third-order valence-electron chi connectivity index (χ3n) is 9.86. The number of aliphatic carboxylic acids is 1. The molecule has 1 fully saturated rings. The number of hydrogen-bond acceptors (Lipinski definition) is 5. The largest absolute Gasteiger partial charge is 0.491 e. The lowest BCUT2D eigenvalue weighted by Crippen LogP contribution is -2.45. The third kappa shape index (κ3) is 11.9. The molecule has 46 heavy (non-hydrogen) atoms. The maximum Gasteiger partial charge on any atom is 0.416 e. The van der Waals surface area contributed by atoms with Gasteiger partial charge in [-0.1, -0.05) is 71.9 Å². The van der Waals surface area contributed by atoms with E-state index < -0.39 is 46.6 Å². The second kappa shape index (κ2) is 16.0. The van der Waals surface area contributed by atoms with Gasteiger partial charge in [-0.25, -0.2) is 0 Å². The highest BCUT2D eigenvalue weighted by Crippen LogP contribution is 2.44. The fraction of sp³-hybridized carbons (Fsp3) is 0.686. The molecule has 0 heterocycles. The molecular weight excluding hydrogens is 630 g/mol. The van der Waals surface area contributed by atoms with Crippen molar-refractivity contribution in [2.75, 3.05) is 6.61 Å². The predicted octanol–water partition coefficient (Wildman–Crippen LogP) is 9.62. The summed E-state index contributed by atoms with van der Waals surface area (Å²) in [5.74, 6) is -0.957. The van der Waals surface area contributed by atoms with E-state index in [-0.39, 0.29) is 46.8 Å². The van der Waals surface area contributed by atoms with E-state index >= 15 is 0 Å². The van der Waals surface area contributed by atoms with Crippen molar-refractivity contribution in [1.29, 1.82) is 0 Å². The van der Waals surface area contributed by atoms with Gasteiger partial charge < -0.3 is 23.8 Å². The summed E-state index contributed by atoms with van der Waals surface area (Å²) in [6.45, 7) is 21.6. The second-order valence-corrected chi connectivity index (χ2v) is 25.1. The van der Waals surface area contributed by atoms with E-state index in [4.69, 9.17) is 18.7 Å². The first-order valence-corrected chi connectivity index (χ1v) is 22.1. The Hall–Kier alpha value is -1.93. The molecule has 0 saturated heterocycles. The fourth-order valence-electron chi connectivity index (χ4n) is 4.98. The van der Waals surface area contributed by atoms with Gasteiger partial charge in [0.05, 0.1) is 23.9 Å². The number of carboxylic acid groups (broad SMARTS) is 1. The number of halogens is 3. The number of alkyl halides is 3. The summed E-state index contributed by atoms with van der Waals surface area (Å²) in [4.78, 5) is 10.9. The molecule has 1 saturated carbocycles. The molecular formula is C35H57F3O6Si2. The number of benzene rings is 1. The van der Waals surface area contributed by atoms with Gasteiger partial charge in [0, 0.05) is 12.3 Å². The molecule has 5 atom stereocenters. The van der Waals surface area contributed by atoms with Crippen LogP contribution >= 0.6 is 0 Å². The highest BCUT2D eigenvalue weighted by atomic mass is 28.4. The van der Waals surface area contributed by atoms with Gasteiger partial charge >= 0.3 is 12.1 Å². The van der Waals surface area contributed by atoms with Crippen molar-refractivity contribution in [3.63, 3.8) is 0 Å². The Morgan fingerprint density at radius 3 is 2.22 bits per heavy atom. The lowest BCUT2D eigenvalue weighted by molar-refractivity contribution is -0.138. The molecule has 0 radical (unpaired) electrons. The van der Waals surface area contributed by atoms with Gasteiger partial charge in [-0.05, 0) is 86.1 Å². The van der Waals surface area contributed by atoms with E-state index in [9.17, 15) is 23.1 Å². The number of carboxylic acids is 1. The Balaban J connectivity index is 2.40. The maximum absolute atomic E-state index is 13.3. The first-order valence-electron chi connectivity index (χ1n) is 16.3. The lowest BCUT2D eigenvalue weighted by Gasteiger charge is -2.40. The van der Waals surface area contributed by atoms with Crippen molar-refractivity contribution in [3.05, 3.63) is 54.1 Å². The SMILES string of the molecule is CC(C)(C)[Si](C)(C)O[C@H](/C=C/[C@@H]1[C@@H](C/C=C\CCCC(=O)O)[C@@H](O)C[C@H]1O[Si](C)(C)C(C)(C)C)COc1cccc(C(F)(F)F)c1. The molecule has 262 valence electrons. The highest BCUT2D eigenvalue weighted by Gasteiger charge is 2.47. The number of aliphatic hydroxyl groups is 1. The van der Waals surface area contributed by atoms with Crippen LogP contribution in [-0.2, 0) is 19.8 Å². The van der Waals surface area contributed by atoms with Crippen LogP contribution in [-0.4, -0.2) is 57.7 Å². The zero-order valence-corrected chi connectivity index (χ0v) is 31.4. The number of hydrogen-bond donors (Lipinski definition) is 2. The normalized spacial score (nSPS) is 22.6. The molecule has 1 aliphatic rings. The Labute approximate surface area is 276 Å². The van der Waals surface area contributed by atoms with E-state index in [1.807, 2.05) is 18.2 Å². The molecule has 0 aromatic heterocycles. The van der Waals surface area contributed by atoms with Crippen LogP contribution in [0.5, 0.6) is 5.75 Å². The van der Waals surface area contributed by atoms with Crippen molar-refractivity contribution in [2.45, 2.75) is 134 Å². The summed E-state index contributed by atoms with van der Waals surface area (Å²) in [5.41, 5.74) is -0.771. The topological polar surface area (TPSA) is 85.2 Å². The van der Waals surface area contributed by atoms with Crippen molar-refractivity contribution < 1.29 is 41.8 Å². The smallest absolute Gasteiger partial charge is 0.416 e. The number of aliphatic hydroxyl groups excluding tert-OH is 1. The predicted molar refractivity (Wildman–Crippen MR) is 183 cm³/mol. The Morgan fingerprint density at radius 2 is 1.65 bits per heavy atom. The number of ether oxygens (including phenoxy) is 1. The maximum atomic E-state index is 13.3. The van der Waals surface area contributed by atoms with Crippen molar-refractivity contribution in [2.24, 2.45) is 11.8 Å². The molecule has 0 aliphatic heterocycles. The average molecular weight is 687 g/mol. The van der Waals surface area contributed by atoms with Crippen LogP contribution in [0.3, 0.4) is 0 Å². The van der Waals surface area contributed by atoms with E-state index in [1.54, 1.807) is 0 Å². The number of rotatable bonds is 15. The summed E-state index contributed by atoms with van der Waals surface area (Å²) in [6, 6.07) is 4.87. The van der Waals surface area contributed by atoms with Gasteiger partial charge in [0.2, 0.25) is 0 Å². The van der Waals surface area contributed by atoms with E-state index in [0.29, 0.717) is 25.7 Å². The minimum absolute atomic E-state index is 0.0267. The van der Waals surface area contributed by atoms with Crippen LogP contribution < -0.4 is 4.74 Å². The molecule has 2 N–H and O–H groups in total. The molecule has 1 aliphatic carbocycles. The molecule has 11 heteroatoms. The third-order valence-corrected chi connectivity index (χ3v) is 18.9. The molecule has 1 aromatic carbocycles. The van der Waals surface area contributed by atoms with Crippen molar-refractivity contribution >= 4 is 22.6 Å². The van der Waals surface area contributed by atoms with Gasteiger partial charge in [-0.15, -0.1) is 0 Å². The monoisotopic (exact) mass is 686 g/mol. The lowest BCUT2D eigenvalue weighted by atomic mass is 9.89. The van der Waals surface area contributed by atoms with Crippen LogP contribution in [0.1, 0.15) is 79.2 Å². The van der Waals surface area contributed by atoms with Crippen molar-refractivity contribution in [1.82, 2.24) is 0 Å². The minimum atomic E-state index is -4.47. The zero-order valence-electron chi connectivity index (χ0n) is 29.4. The quantitative estimate of drug-likeness (QED) is 0.109. The summed E-state index contributed by atoms with van der Waals surface area (Å²) < 4.78 is 59.6. The van der Waals surface area contributed by atoms with Crippen LogP contribution in [0.25, 0.3) is 0 Å². The van der Waals surface area contributed by atoms with Crippen LogP contribution in [0.15, 0.2) is 48.6 Å². The summed E-state index contributed by atoms with van der Waals surface area (Å²) in [6.07, 6.45) is 4.61. The molecule has 0 bridgehead atoms. The van der Waals surface area contributed by atoms with Crippen LogP contribution in [0.2, 0.25) is 36.3 Å². The van der Waals surface area contributed by atoms with Gasteiger partial charge in [0.1, 0.15) is 12.4 Å². The molecule has 2 rings (SSSR count). The van der Waals surface area contributed by atoms with E-state index in [0.717, 1.165) is 12.1 Å². The number of unbranched alkanes of at least 4 members (excludes halogenated alkanes) is 1. The number of carbonyl (C=O) groups is 1. The van der Waals surface area contributed by atoms with Crippen molar-refractivity contribution in [3.8, 4) is 5.75 Å². The van der Waals surface area contributed by atoms with E-state index in [1.165, 1.54) is 12.1 Å². The molecule has 0 amide bonds. The molecule has 6 nitrogen and oxygen atoms in total. The van der Waals surface area contributed by atoms with Gasteiger partial charge in [-0.3, -0.25) is 4.79 Å². The van der Waals surface area contributed by atoms with Gasteiger partial charge in [0.15, 0.2) is 16.6 Å². The minimum Gasteiger partial charge on any atom is -0.491 e. The summed E-state index contributed by atoms with van der Waals surface area (Å²) in [7, 11) is -4.50. The first-order chi connectivity index (χ1) is 20.9. The Bertz CT molecular complexity index is 1180. The van der Waals surface area contributed by atoms with Crippen LogP contribution in [0.4, 0.5) is 13.2 Å². The Kier molecular flexibility index (Phi) is 14.0. The highest BCUT2D eigenvalue weighted by molar-refractivity contribution is 6.74. The first kappa shape index (κ1) is 40.2. The fourth-order valence-corrected chi connectivity index (χ4v) is 7.60. The summed E-state index contributed by atoms with van der Waals surface area (Å²) in [5, 5.41) is 20.0. The molecule has 1 aromatic rings. The second-order valence-electron chi connectivity index (χ2n) is 15.6. The Morgan fingerprint density at radius 1 is 1.02 bits per heavy atom. The molecule has 0 unspecified atom stereocenters.